The molecule has 0 spiro atoms. The van der Waals surface area contributed by atoms with Crippen LogP contribution >= 0.6 is 0 Å². The van der Waals surface area contributed by atoms with E-state index in [1.807, 2.05) is 6.07 Å². The summed E-state index contributed by atoms with van der Waals surface area (Å²) >= 11 is 0. The van der Waals surface area contributed by atoms with Gasteiger partial charge in [0.25, 0.3) is 0 Å². The van der Waals surface area contributed by atoms with Gasteiger partial charge in [0.15, 0.2) is 0 Å². The summed E-state index contributed by atoms with van der Waals surface area (Å²) in [6.07, 6.45) is -4.64. The van der Waals surface area contributed by atoms with Crippen LogP contribution in [0.5, 0.6) is 5.75 Å². The second kappa shape index (κ2) is 9.79. The van der Waals surface area contributed by atoms with Gasteiger partial charge in [-0.2, -0.15) is 13.2 Å². The lowest BCUT2D eigenvalue weighted by atomic mass is 9.91. The SMILES string of the molecule is CC#CC(CC(=O)O)c1ccc2c(c1)CCC(c1nc(-c3ccccc3C(F)(F)F)ccc1F)O2. The molecule has 8 heteroatoms. The first-order valence-corrected chi connectivity index (χ1v) is 10.9. The van der Waals surface area contributed by atoms with Gasteiger partial charge < -0.3 is 9.84 Å². The van der Waals surface area contributed by atoms with Crippen molar-refractivity contribution >= 4 is 5.97 Å². The minimum absolute atomic E-state index is 0.00808. The number of benzene rings is 2. The van der Waals surface area contributed by atoms with E-state index in [4.69, 9.17) is 9.84 Å². The molecule has 180 valence electrons. The number of carboxylic acids is 1. The van der Waals surface area contributed by atoms with Crippen LogP contribution in [0.2, 0.25) is 0 Å². The van der Waals surface area contributed by atoms with Crippen LogP contribution in [0.25, 0.3) is 11.3 Å². The first kappa shape index (κ1) is 24.3. The molecule has 0 radical (unpaired) electrons. The highest BCUT2D eigenvalue weighted by atomic mass is 19.4. The van der Waals surface area contributed by atoms with Gasteiger partial charge in [-0.15, -0.1) is 5.92 Å². The maximum Gasteiger partial charge on any atom is 0.417 e. The minimum atomic E-state index is -4.58. The Balaban J connectivity index is 1.64. The van der Waals surface area contributed by atoms with Crippen LogP contribution in [0.3, 0.4) is 0 Å². The predicted octanol–water partition coefficient (Wildman–Crippen LogP) is 6.55. The molecule has 3 aromatic rings. The van der Waals surface area contributed by atoms with Crippen LogP contribution < -0.4 is 4.74 Å². The molecule has 35 heavy (non-hydrogen) atoms. The smallest absolute Gasteiger partial charge is 0.417 e. The Morgan fingerprint density at radius 3 is 2.69 bits per heavy atom. The lowest BCUT2D eigenvalue weighted by Gasteiger charge is -2.27. The molecule has 0 fully saturated rings. The number of rotatable bonds is 5. The number of hydrogen-bond donors (Lipinski definition) is 1. The second-order valence-electron chi connectivity index (χ2n) is 8.16. The van der Waals surface area contributed by atoms with Gasteiger partial charge in [-0.05, 0) is 55.2 Å². The van der Waals surface area contributed by atoms with Crippen LogP contribution in [-0.4, -0.2) is 16.1 Å². The maximum absolute atomic E-state index is 14.7. The molecule has 0 saturated heterocycles. The van der Waals surface area contributed by atoms with E-state index in [-0.39, 0.29) is 23.4 Å². The van der Waals surface area contributed by atoms with Gasteiger partial charge in [0, 0.05) is 5.56 Å². The molecule has 0 aliphatic carbocycles. The Bertz CT molecular complexity index is 1320. The summed E-state index contributed by atoms with van der Waals surface area (Å²) in [5.74, 6) is 4.06. The maximum atomic E-state index is 14.7. The fraction of sp³-hybridized carbons (Fsp3) is 0.259. The van der Waals surface area contributed by atoms with Crippen molar-refractivity contribution in [3.8, 4) is 28.8 Å². The molecular formula is C27H21F4NO3. The second-order valence-corrected chi connectivity index (χ2v) is 8.16. The lowest BCUT2D eigenvalue weighted by molar-refractivity contribution is -0.138. The number of aryl methyl sites for hydroxylation is 1. The summed E-state index contributed by atoms with van der Waals surface area (Å²) < 4.78 is 61.1. The third kappa shape index (κ3) is 5.29. The number of fused-ring (bicyclic) bond motifs is 1. The van der Waals surface area contributed by atoms with Crippen molar-refractivity contribution in [3.63, 3.8) is 0 Å². The summed E-state index contributed by atoms with van der Waals surface area (Å²) in [5.41, 5.74) is 0.536. The third-order valence-corrected chi connectivity index (χ3v) is 5.82. The fourth-order valence-corrected chi connectivity index (χ4v) is 4.21. The topological polar surface area (TPSA) is 59.4 Å². The van der Waals surface area contributed by atoms with E-state index in [2.05, 4.69) is 16.8 Å². The van der Waals surface area contributed by atoms with Crippen molar-refractivity contribution < 1.29 is 32.2 Å². The van der Waals surface area contributed by atoms with Crippen molar-refractivity contribution in [3.05, 3.63) is 82.8 Å². The molecule has 2 unspecified atom stereocenters. The van der Waals surface area contributed by atoms with Crippen molar-refractivity contribution in [2.24, 2.45) is 0 Å². The zero-order chi connectivity index (χ0) is 25.2. The highest BCUT2D eigenvalue weighted by Gasteiger charge is 2.34. The molecule has 0 amide bonds. The Kier molecular flexibility index (Phi) is 6.79. The standard InChI is InChI=1S/C27H21F4NO3/c1-2-5-16(15-25(33)34)17-8-12-23-18(14-17)9-13-24(35-23)26-21(28)10-11-22(32-26)19-6-3-4-7-20(19)27(29,30)31/h3-4,6-8,10-12,14,16,24H,9,13,15H2,1H3,(H,33,34). The number of halogens is 4. The number of alkyl halides is 3. The molecule has 4 rings (SSSR count). The quantitative estimate of drug-likeness (QED) is 0.330. The normalized spacial score (nSPS) is 15.9. The van der Waals surface area contributed by atoms with Crippen molar-refractivity contribution in [1.82, 2.24) is 4.98 Å². The van der Waals surface area contributed by atoms with Gasteiger partial charge in [-0.3, -0.25) is 4.79 Å². The van der Waals surface area contributed by atoms with Gasteiger partial charge in [0.05, 0.1) is 23.6 Å². The predicted molar refractivity (Wildman–Crippen MR) is 121 cm³/mol. The van der Waals surface area contributed by atoms with E-state index in [0.717, 1.165) is 23.3 Å². The number of carboxylic acid groups (broad SMARTS) is 1. The molecule has 2 aromatic carbocycles. The summed E-state index contributed by atoms with van der Waals surface area (Å²) in [4.78, 5) is 15.4. The number of nitrogens with zero attached hydrogens (tertiary/aromatic N) is 1. The Labute approximate surface area is 199 Å². The van der Waals surface area contributed by atoms with E-state index >= 15 is 0 Å². The van der Waals surface area contributed by atoms with Gasteiger partial charge in [0.2, 0.25) is 0 Å². The largest absolute Gasteiger partial charge is 0.484 e. The number of hydrogen-bond acceptors (Lipinski definition) is 3. The molecule has 2 heterocycles. The van der Waals surface area contributed by atoms with Crippen LogP contribution in [-0.2, 0) is 17.4 Å². The molecule has 1 aromatic heterocycles. The number of carbonyl (C=O) groups is 1. The highest BCUT2D eigenvalue weighted by molar-refractivity contribution is 5.69. The third-order valence-electron chi connectivity index (χ3n) is 5.82. The van der Waals surface area contributed by atoms with Gasteiger partial charge >= 0.3 is 12.1 Å². The Hall–Kier alpha value is -3.86. The minimum Gasteiger partial charge on any atom is -0.484 e. The number of aromatic nitrogens is 1. The molecule has 1 aliphatic rings. The highest BCUT2D eigenvalue weighted by Crippen LogP contribution is 2.39. The summed E-state index contributed by atoms with van der Waals surface area (Å²) in [5, 5.41) is 9.17. The van der Waals surface area contributed by atoms with Gasteiger partial charge in [-0.1, -0.05) is 36.3 Å². The molecule has 0 saturated carbocycles. The van der Waals surface area contributed by atoms with Crippen molar-refractivity contribution in [2.75, 3.05) is 0 Å². The van der Waals surface area contributed by atoms with Gasteiger partial charge in [0.1, 0.15) is 23.4 Å². The van der Waals surface area contributed by atoms with Crippen LogP contribution in [0.4, 0.5) is 17.6 Å². The average molecular weight is 483 g/mol. The molecule has 1 N–H and O–H groups in total. The zero-order valence-corrected chi connectivity index (χ0v) is 18.7. The number of pyridine rings is 1. The van der Waals surface area contributed by atoms with E-state index in [0.29, 0.717) is 18.6 Å². The summed E-state index contributed by atoms with van der Waals surface area (Å²) in [6.45, 7) is 1.64. The van der Waals surface area contributed by atoms with Crippen LogP contribution in [0, 0.1) is 17.7 Å². The zero-order valence-electron chi connectivity index (χ0n) is 18.7. The monoisotopic (exact) mass is 483 g/mol. The van der Waals surface area contributed by atoms with E-state index in [1.54, 1.807) is 19.1 Å². The molecule has 1 aliphatic heterocycles. The first-order valence-electron chi connectivity index (χ1n) is 10.9. The number of ether oxygens (including phenoxy) is 1. The van der Waals surface area contributed by atoms with Crippen molar-refractivity contribution in [2.45, 2.75) is 44.4 Å². The Morgan fingerprint density at radius 2 is 1.97 bits per heavy atom. The molecular weight excluding hydrogens is 462 g/mol. The lowest BCUT2D eigenvalue weighted by Crippen LogP contribution is -2.18. The van der Waals surface area contributed by atoms with E-state index in [9.17, 15) is 22.4 Å². The van der Waals surface area contributed by atoms with Gasteiger partial charge in [-0.25, -0.2) is 9.37 Å². The van der Waals surface area contributed by atoms with Crippen LogP contribution in [0.1, 0.15) is 54.2 Å². The molecule has 2 atom stereocenters. The number of aliphatic carboxylic acids is 1. The van der Waals surface area contributed by atoms with Crippen LogP contribution in [0.15, 0.2) is 54.6 Å². The average Bonchev–Trinajstić information content (AvgIpc) is 2.83. The first-order chi connectivity index (χ1) is 16.7. The van der Waals surface area contributed by atoms with E-state index < -0.39 is 35.5 Å². The molecule has 0 bridgehead atoms. The van der Waals surface area contributed by atoms with E-state index in [1.165, 1.54) is 24.3 Å². The van der Waals surface area contributed by atoms with Crippen molar-refractivity contribution in [1.29, 1.82) is 0 Å². The summed E-state index contributed by atoms with van der Waals surface area (Å²) in [7, 11) is 0. The Morgan fingerprint density at radius 1 is 1.20 bits per heavy atom. The fourth-order valence-electron chi connectivity index (χ4n) is 4.21. The molecule has 4 nitrogen and oxygen atoms in total. The summed E-state index contributed by atoms with van der Waals surface area (Å²) in [6, 6.07) is 12.6.